The topological polar surface area (TPSA) is 24.9 Å². The molecule has 0 saturated heterocycles. The smallest absolute Gasteiger partial charge is 0.134 e. The molecule has 2 rings (SSSR count). The Morgan fingerprint density at radius 1 is 1.11 bits per heavy atom. The van der Waals surface area contributed by atoms with Crippen LogP contribution in [0.2, 0.25) is 0 Å². The number of hydrogen-bond acceptors (Lipinski definition) is 2. The first-order chi connectivity index (χ1) is 9.13. The zero-order valence-corrected chi connectivity index (χ0v) is 10.3. The molecule has 19 heavy (non-hydrogen) atoms. The van der Waals surface area contributed by atoms with Gasteiger partial charge in [0, 0.05) is 30.1 Å². The molecule has 1 N–H and O–H groups in total. The van der Waals surface area contributed by atoms with Crippen LogP contribution in [-0.2, 0) is 0 Å². The molecule has 2 aromatic rings. The minimum atomic E-state index is -0.927. The summed E-state index contributed by atoms with van der Waals surface area (Å²) < 4.78 is 40.6. The van der Waals surface area contributed by atoms with Crippen LogP contribution >= 0.6 is 0 Å². The predicted octanol–water partition coefficient (Wildman–Crippen LogP) is 3.20. The lowest BCUT2D eigenvalue weighted by atomic mass is 9.98. The largest absolute Gasteiger partial charge is 0.306 e. The highest BCUT2D eigenvalue weighted by molar-refractivity contribution is 5.33. The summed E-state index contributed by atoms with van der Waals surface area (Å²) in [6.07, 6.45) is 3.08. The van der Waals surface area contributed by atoms with Gasteiger partial charge in [-0.15, -0.1) is 0 Å². The van der Waals surface area contributed by atoms with Crippen molar-refractivity contribution in [1.29, 1.82) is 0 Å². The van der Waals surface area contributed by atoms with E-state index in [9.17, 15) is 13.2 Å². The third-order valence-corrected chi connectivity index (χ3v) is 2.78. The molecular weight excluding hydrogens is 253 g/mol. The van der Waals surface area contributed by atoms with Crippen LogP contribution in [0.4, 0.5) is 13.2 Å². The summed E-state index contributed by atoms with van der Waals surface area (Å²) in [5, 5.41) is 2.99. The maximum Gasteiger partial charge on any atom is 0.134 e. The van der Waals surface area contributed by atoms with Gasteiger partial charge >= 0.3 is 0 Å². The number of nitrogens with zero attached hydrogens (tertiary/aromatic N) is 1. The second-order valence-electron chi connectivity index (χ2n) is 4.05. The Morgan fingerprint density at radius 3 is 2.21 bits per heavy atom. The fraction of sp³-hybridized carbons (Fsp3) is 0.214. The molecule has 1 heterocycles. The van der Waals surface area contributed by atoms with Gasteiger partial charge in [-0.2, -0.15) is 0 Å². The summed E-state index contributed by atoms with van der Waals surface area (Å²) in [6, 6.07) is 4.02. The van der Waals surface area contributed by atoms with Gasteiger partial charge in [-0.25, -0.2) is 13.2 Å². The average Bonchev–Trinajstić information content (AvgIpc) is 2.37. The third-order valence-electron chi connectivity index (χ3n) is 2.78. The summed E-state index contributed by atoms with van der Waals surface area (Å²) in [5.41, 5.74) is 0.482. The van der Waals surface area contributed by atoms with Crippen LogP contribution in [0.3, 0.4) is 0 Å². The molecule has 0 bridgehead atoms. The van der Waals surface area contributed by atoms with Crippen molar-refractivity contribution in [3.05, 3.63) is 65.2 Å². The van der Waals surface area contributed by atoms with E-state index in [4.69, 9.17) is 0 Å². The molecule has 1 aromatic heterocycles. The Morgan fingerprint density at radius 2 is 1.68 bits per heavy atom. The minimum absolute atomic E-state index is 0.186. The molecule has 0 radical (unpaired) electrons. The molecule has 0 aliphatic rings. The molecular formula is C14H13F3N2. The van der Waals surface area contributed by atoms with Crippen molar-refractivity contribution >= 4 is 0 Å². The molecule has 5 heteroatoms. The molecule has 1 unspecified atom stereocenters. The van der Waals surface area contributed by atoms with E-state index in [1.165, 1.54) is 0 Å². The number of aromatic nitrogens is 1. The Balaban J connectivity index is 2.51. The van der Waals surface area contributed by atoms with Gasteiger partial charge in [-0.3, -0.25) is 4.98 Å². The number of nitrogens with one attached hydrogen (secondary N) is 1. The summed E-state index contributed by atoms with van der Waals surface area (Å²) in [4.78, 5) is 3.87. The lowest BCUT2D eigenvalue weighted by Crippen LogP contribution is -2.24. The van der Waals surface area contributed by atoms with Gasteiger partial charge in [0.05, 0.1) is 6.04 Å². The second kappa shape index (κ2) is 5.84. The van der Waals surface area contributed by atoms with E-state index < -0.39 is 23.5 Å². The molecule has 1 aromatic carbocycles. The highest BCUT2D eigenvalue weighted by atomic mass is 19.1. The molecule has 0 spiro atoms. The van der Waals surface area contributed by atoms with Crippen LogP contribution in [0.15, 0.2) is 36.7 Å². The van der Waals surface area contributed by atoms with E-state index >= 15 is 0 Å². The minimum Gasteiger partial charge on any atom is -0.306 e. The zero-order chi connectivity index (χ0) is 13.8. The normalized spacial score (nSPS) is 12.4. The van der Waals surface area contributed by atoms with Crippen LogP contribution in [-0.4, -0.2) is 11.5 Å². The average molecular weight is 266 g/mol. The van der Waals surface area contributed by atoms with E-state index in [0.29, 0.717) is 24.2 Å². The second-order valence-corrected chi connectivity index (χ2v) is 4.05. The van der Waals surface area contributed by atoms with Crippen molar-refractivity contribution in [2.24, 2.45) is 0 Å². The summed E-state index contributed by atoms with van der Waals surface area (Å²) in [5.74, 6) is -2.73. The quantitative estimate of drug-likeness (QED) is 0.919. The maximum atomic E-state index is 13.8. The molecule has 0 fully saturated rings. The Labute approximate surface area is 109 Å². The lowest BCUT2D eigenvalue weighted by molar-refractivity contribution is 0.492. The van der Waals surface area contributed by atoms with E-state index in [-0.39, 0.29) is 5.56 Å². The van der Waals surface area contributed by atoms with E-state index in [0.717, 1.165) is 0 Å². The van der Waals surface area contributed by atoms with Gasteiger partial charge in [-0.05, 0) is 24.2 Å². The summed E-state index contributed by atoms with van der Waals surface area (Å²) >= 11 is 0. The fourth-order valence-corrected chi connectivity index (χ4v) is 1.98. The van der Waals surface area contributed by atoms with Crippen LogP contribution in [0.5, 0.6) is 0 Å². The Kier molecular flexibility index (Phi) is 4.16. The first-order valence-electron chi connectivity index (χ1n) is 5.91. The van der Waals surface area contributed by atoms with Gasteiger partial charge < -0.3 is 5.32 Å². The zero-order valence-electron chi connectivity index (χ0n) is 10.3. The Bertz CT molecular complexity index is 535. The lowest BCUT2D eigenvalue weighted by Gasteiger charge is -2.20. The van der Waals surface area contributed by atoms with Crippen LogP contribution in [0.25, 0.3) is 0 Å². The first kappa shape index (κ1) is 13.5. The van der Waals surface area contributed by atoms with Crippen molar-refractivity contribution in [1.82, 2.24) is 10.3 Å². The standard InChI is InChI=1S/C14H13F3N2/c1-2-19-14(9-3-5-18-6-4-9)13-11(16)7-10(15)8-12(13)17/h3-8,14,19H,2H2,1H3. The fourth-order valence-electron chi connectivity index (χ4n) is 1.98. The van der Waals surface area contributed by atoms with Gasteiger partial charge in [0.2, 0.25) is 0 Å². The molecule has 0 saturated carbocycles. The maximum absolute atomic E-state index is 13.8. The van der Waals surface area contributed by atoms with E-state index in [2.05, 4.69) is 10.3 Å². The van der Waals surface area contributed by atoms with E-state index in [1.54, 1.807) is 24.5 Å². The Hall–Kier alpha value is -1.88. The van der Waals surface area contributed by atoms with Crippen molar-refractivity contribution < 1.29 is 13.2 Å². The number of pyridine rings is 1. The van der Waals surface area contributed by atoms with E-state index in [1.807, 2.05) is 6.92 Å². The molecule has 1 atom stereocenters. The van der Waals surface area contributed by atoms with Crippen LogP contribution in [0, 0.1) is 17.5 Å². The number of hydrogen-bond donors (Lipinski definition) is 1. The van der Waals surface area contributed by atoms with Gasteiger partial charge in [-0.1, -0.05) is 6.92 Å². The monoisotopic (exact) mass is 266 g/mol. The van der Waals surface area contributed by atoms with Crippen LogP contribution < -0.4 is 5.32 Å². The van der Waals surface area contributed by atoms with Crippen molar-refractivity contribution in [2.45, 2.75) is 13.0 Å². The summed E-state index contributed by atoms with van der Waals surface area (Å²) in [7, 11) is 0. The highest BCUT2D eigenvalue weighted by Crippen LogP contribution is 2.27. The van der Waals surface area contributed by atoms with Crippen molar-refractivity contribution in [2.75, 3.05) is 6.54 Å². The summed E-state index contributed by atoms with van der Waals surface area (Å²) in [6.45, 7) is 2.34. The number of halogens is 3. The SMILES string of the molecule is CCNC(c1ccncc1)c1c(F)cc(F)cc1F. The van der Waals surface area contributed by atoms with Crippen molar-refractivity contribution in [3.63, 3.8) is 0 Å². The molecule has 0 amide bonds. The predicted molar refractivity (Wildman–Crippen MR) is 66.1 cm³/mol. The highest BCUT2D eigenvalue weighted by Gasteiger charge is 2.22. The van der Waals surface area contributed by atoms with Crippen LogP contribution in [0.1, 0.15) is 24.1 Å². The van der Waals surface area contributed by atoms with Crippen molar-refractivity contribution in [3.8, 4) is 0 Å². The molecule has 100 valence electrons. The van der Waals surface area contributed by atoms with Gasteiger partial charge in [0.25, 0.3) is 0 Å². The van der Waals surface area contributed by atoms with Gasteiger partial charge in [0.1, 0.15) is 17.5 Å². The number of benzene rings is 1. The molecule has 0 aliphatic heterocycles. The first-order valence-corrected chi connectivity index (χ1v) is 5.91. The molecule has 2 nitrogen and oxygen atoms in total. The van der Waals surface area contributed by atoms with Gasteiger partial charge in [0.15, 0.2) is 0 Å². The third kappa shape index (κ3) is 2.93. The number of rotatable bonds is 4. The molecule has 0 aliphatic carbocycles.